The van der Waals surface area contributed by atoms with E-state index in [1.807, 2.05) is 0 Å². The molecule has 2 N–H and O–H groups in total. The van der Waals surface area contributed by atoms with Crippen molar-refractivity contribution in [2.45, 2.75) is 58.0 Å². The van der Waals surface area contributed by atoms with E-state index >= 15 is 0 Å². The number of aliphatic imine (C=N–C) groups is 1. The Morgan fingerprint density at radius 3 is 3.00 bits per heavy atom. The van der Waals surface area contributed by atoms with Crippen LogP contribution in [0.15, 0.2) is 4.99 Å². The van der Waals surface area contributed by atoms with Crippen LogP contribution in [-0.4, -0.2) is 47.5 Å². The van der Waals surface area contributed by atoms with E-state index in [-0.39, 0.29) is 0 Å². The SMILES string of the molecule is CN=C(NCCCOCC1CC1)NCc1nnc2n1CCCCC2. The number of hydrogen-bond donors (Lipinski definition) is 2. The molecule has 7 heteroatoms. The topological polar surface area (TPSA) is 76.4 Å². The first-order valence-corrected chi connectivity index (χ1v) is 9.30. The van der Waals surface area contributed by atoms with Crippen LogP contribution in [0.4, 0.5) is 0 Å². The summed E-state index contributed by atoms with van der Waals surface area (Å²) in [7, 11) is 1.79. The zero-order valence-electron chi connectivity index (χ0n) is 14.8. The maximum atomic E-state index is 5.64. The molecule has 0 saturated heterocycles. The largest absolute Gasteiger partial charge is 0.381 e. The van der Waals surface area contributed by atoms with Gasteiger partial charge < -0.3 is 19.9 Å². The molecule has 2 heterocycles. The molecule has 24 heavy (non-hydrogen) atoms. The first-order chi connectivity index (χ1) is 11.9. The highest BCUT2D eigenvalue weighted by Gasteiger charge is 2.20. The molecule has 134 valence electrons. The highest BCUT2D eigenvalue weighted by molar-refractivity contribution is 5.79. The fourth-order valence-corrected chi connectivity index (χ4v) is 2.97. The molecule has 1 fully saturated rings. The number of nitrogens with one attached hydrogen (secondary N) is 2. The predicted molar refractivity (Wildman–Crippen MR) is 93.9 cm³/mol. The third-order valence-electron chi connectivity index (χ3n) is 4.63. The zero-order chi connectivity index (χ0) is 16.6. The van der Waals surface area contributed by atoms with Crippen molar-refractivity contribution >= 4 is 5.96 Å². The molecule has 0 amide bonds. The summed E-state index contributed by atoms with van der Waals surface area (Å²) in [6.45, 7) is 4.31. The molecule has 7 nitrogen and oxygen atoms in total. The smallest absolute Gasteiger partial charge is 0.191 e. The van der Waals surface area contributed by atoms with Crippen molar-refractivity contribution in [2.75, 3.05) is 26.8 Å². The Bertz CT molecular complexity index is 537. The number of aryl methyl sites for hydroxylation is 1. The van der Waals surface area contributed by atoms with E-state index in [2.05, 4.69) is 30.4 Å². The summed E-state index contributed by atoms with van der Waals surface area (Å²) in [5.41, 5.74) is 0. The van der Waals surface area contributed by atoms with Crippen molar-refractivity contribution in [3.63, 3.8) is 0 Å². The van der Waals surface area contributed by atoms with Crippen molar-refractivity contribution in [2.24, 2.45) is 10.9 Å². The first kappa shape index (κ1) is 17.2. The van der Waals surface area contributed by atoms with E-state index in [1.165, 1.54) is 32.1 Å². The van der Waals surface area contributed by atoms with Crippen LogP contribution in [0.2, 0.25) is 0 Å². The molecule has 1 saturated carbocycles. The maximum absolute atomic E-state index is 5.64. The lowest BCUT2D eigenvalue weighted by Gasteiger charge is -2.12. The van der Waals surface area contributed by atoms with Gasteiger partial charge in [-0.2, -0.15) is 0 Å². The van der Waals surface area contributed by atoms with Crippen LogP contribution >= 0.6 is 0 Å². The number of fused-ring (bicyclic) bond motifs is 1. The molecule has 1 aromatic heterocycles. The Labute approximate surface area is 144 Å². The first-order valence-electron chi connectivity index (χ1n) is 9.30. The van der Waals surface area contributed by atoms with E-state index in [4.69, 9.17) is 4.74 Å². The molecule has 1 aromatic rings. The average molecular weight is 334 g/mol. The second kappa shape index (κ2) is 9.01. The van der Waals surface area contributed by atoms with Crippen LogP contribution in [-0.2, 0) is 24.2 Å². The van der Waals surface area contributed by atoms with Gasteiger partial charge in [-0.15, -0.1) is 10.2 Å². The molecule has 0 aromatic carbocycles. The Balaban J connectivity index is 1.35. The van der Waals surface area contributed by atoms with E-state index < -0.39 is 0 Å². The van der Waals surface area contributed by atoms with Crippen molar-refractivity contribution in [3.8, 4) is 0 Å². The van der Waals surface area contributed by atoms with Gasteiger partial charge in [0.05, 0.1) is 6.54 Å². The molecular formula is C17H30N6O. The second-order valence-corrected chi connectivity index (χ2v) is 6.72. The molecular weight excluding hydrogens is 304 g/mol. The molecule has 2 aliphatic rings. The van der Waals surface area contributed by atoms with Crippen LogP contribution in [0.3, 0.4) is 0 Å². The lowest BCUT2D eigenvalue weighted by molar-refractivity contribution is 0.123. The third kappa shape index (κ3) is 5.19. The van der Waals surface area contributed by atoms with Crippen molar-refractivity contribution in [1.82, 2.24) is 25.4 Å². The molecule has 3 rings (SSSR count). The minimum absolute atomic E-state index is 0.658. The number of aromatic nitrogens is 3. The van der Waals surface area contributed by atoms with Crippen molar-refractivity contribution in [1.29, 1.82) is 0 Å². The summed E-state index contributed by atoms with van der Waals surface area (Å²) in [6, 6.07) is 0. The number of hydrogen-bond acceptors (Lipinski definition) is 4. The van der Waals surface area contributed by atoms with Crippen molar-refractivity contribution < 1.29 is 4.74 Å². The molecule has 1 aliphatic heterocycles. The Hall–Kier alpha value is -1.63. The summed E-state index contributed by atoms with van der Waals surface area (Å²) in [5, 5.41) is 15.3. The standard InChI is InChI=1S/C17H30N6O/c1-18-17(19-9-5-11-24-13-14-7-8-14)20-12-16-22-21-15-6-3-2-4-10-23(15)16/h14H,2-13H2,1H3,(H2,18,19,20). The minimum atomic E-state index is 0.658. The van der Waals surface area contributed by atoms with Gasteiger partial charge in [0.2, 0.25) is 0 Å². The monoisotopic (exact) mass is 334 g/mol. The Kier molecular flexibility index (Phi) is 6.46. The van der Waals surface area contributed by atoms with Crippen LogP contribution < -0.4 is 10.6 Å². The fraction of sp³-hybridized carbons (Fsp3) is 0.824. The quantitative estimate of drug-likeness (QED) is 0.428. The van der Waals surface area contributed by atoms with Gasteiger partial charge in [0.25, 0.3) is 0 Å². The summed E-state index contributed by atoms with van der Waals surface area (Å²) in [5.74, 6) is 3.77. The number of ether oxygens (including phenoxy) is 1. The lowest BCUT2D eigenvalue weighted by Crippen LogP contribution is -2.38. The number of nitrogens with zero attached hydrogens (tertiary/aromatic N) is 4. The van der Waals surface area contributed by atoms with E-state index in [9.17, 15) is 0 Å². The Morgan fingerprint density at radius 1 is 1.25 bits per heavy atom. The average Bonchev–Trinajstić information content (AvgIpc) is 3.39. The van der Waals surface area contributed by atoms with Crippen molar-refractivity contribution in [3.05, 3.63) is 11.6 Å². The summed E-state index contributed by atoms with van der Waals surface area (Å²) < 4.78 is 7.91. The van der Waals surface area contributed by atoms with E-state index in [0.717, 1.165) is 62.7 Å². The molecule has 0 atom stereocenters. The summed E-state index contributed by atoms with van der Waals surface area (Å²) in [4.78, 5) is 4.27. The van der Waals surface area contributed by atoms with Gasteiger partial charge in [0.1, 0.15) is 5.82 Å². The molecule has 0 bridgehead atoms. The van der Waals surface area contributed by atoms with Crippen LogP contribution in [0.25, 0.3) is 0 Å². The van der Waals surface area contributed by atoms with Gasteiger partial charge in [-0.1, -0.05) is 6.42 Å². The van der Waals surface area contributed by atoms with E-state index in [1.54, 1.807) is 7.05 Å². The highest BCUT2D eigenvalue weighted by Crippen LogP contribution is 2.28. The fourth-order valence-electron chi connectivity index (χ4n) is 2.97. The lowest BCUT2D eigenvalue weighted by atomic mass is 10.2. The number of rotatable bonds is 8. The highest BCUT2D eigenvalue weighted by atomic mass is 16.5. The van der Waals surface area contributed by atoms with E-state index in [0.29, 0.717) is 6.54 Å². The van der Waals surface area contributed by atoms with Gasteiger partial charge in [0, 0.05) is 39.8 Å². The van der Waals surface area contributed by atoms with Crippen LogP contribution in [0, 0.1) is 5.92 Å². The zero-order valence-corrected chi connectivity index (χ0v) is 14.8. The van der Waals surface area contributed by atoms with Gasteiger partial charge in [-0.25, -0.2) is 0 Å². The van der Waals surface area contributed by atoms with Gasteiger partial charge >= 0.3 is 0 Å². The molecule has 0 spiro atoms. The van der Waals surface area contributed by atoms with Crippen LogP contribution in [0.1, 0.15) is 50.2 Å². The number of guanidine groups is 1. The van der Waals surface area contributed by atoms with Gasteiger partial charge in [-0.05, 0) is 38.0 Å². The minimum Gasteiger partial charge on any atom is -0.381 e. The van der Waals surface area contributed by atoms with Gasteiger partial charge in [0.15, 0.2) is 11.8 Å². The molecule has 1 aliphatic carbocycles. The maximum Gasteiger partial charge on any atom is 0.191 e. The second-order valence-electron chi connectivity index (χ2n) is 6.72. The Morgan fingerprint density at radius 2 is 2.17 bits per heavy atom. The normalized spacial score (nSPS) is 18.1. The predicted octanol–water partition coefficient (Wildman–Crippen LogP) is 1.49. The third-order valence-corrected chi connectivity index (χ3v) is 4.63. The summed E-state index contributed by atoms with van der Waals surface area (Å²) >= 11 is 0. The molecule has 0 radical (unpaired) electrons. The van der Waals surface area contributed by atoms with Crippen LogP contribution in [0.5, 0.6) is 0 Å². The molecule has 0 unspecified atom stereocenters. The summed E-state index contributed by atoms with van der Waals surface area (Å²) in [6.07, 6.45) is 8.45. The van der Waals surface area contributed by atoms with Gasteiger partial charge in [-0.3, -0.25) is 4.99 Å².